The Morgan fingerprint density at radius 3 is 2.61 bits per heavy atom. The highest BCUT2D eigenvalue weighted by Gasteiger charge is 2.14. The summed E-state index contributed by atoms with van der Waals surface area (Å²) in [6.45, 7) is 2.02. The Hall–Kier alpha value is -1.06. The molecule has 0 unspecified atom stereocenters. The third kappa shape index (κ3) is 3.47. The predicted molar refractivity (Wildman–Crippen MR) is 76.9 cm³/mol. The number of nitrogens with one attached hydrogen (secondary N) is 1. The first-order valence-corrected chi connectivity index (χ1v) is 6.89. The van der Waals surface area contributed by atoms with Crippen LogP contribution in [0.15, 0.2) is 23.2 Å². The van der Waals surface area contributed by atoms with Gasteiger partial charge in [0.2, 0.25) is 0 Å². The first-order valence-electron chi connectivity index (χ1n) is 6.51. The highest BCUT2D eigenvalue weighted by molar-refractivity contribution is 6.31. The largest absolute Gasteiger partial charge is 0.308 e. The third-order valence-corrected chi connectivity index (χ3v) is 3.56. The molecule has 1 aromatic carbocycles. The summed E-state index contributed by atoms with van der Waals surface area (Å²) in [4.78, 5) is 4.73. The van der Waals surface area contributed by atoms with Gasteiger partial charge >= 0.3 is 0 Å². The number of rotatable bonds is 2. The van der Waals surface area contributed by atoms with Gasteiger partial charge in [0.25, 0.3) is 0 Å². The second-order valence-corrected chi connectivity index (χ2v) is 5.37. The molecule has 18 heavy (non-hydrogen) atoms. The maximum absolute atomic E-state index is 6.07. The number of aliphatic imine (C=N–C) groups is 1. The Kier molecular flexibility index (Phi) is 4.61. The van der Waals surface area contributed by atoms with Gasteiger partial charge < -0.3 is 5.43 Å². The first-order chi connectivity index (χ1) is 8.69. The lowest BCUT2D eigenvalue weighted by atomic mass is 9.96. The standard InChI is InChI=1S/C14H20ClN3/c1-10-7-11(9-12(15)8-10)14(18-16)17-13-5-3-2-4-6-13/h7-9,13H,2-6,16H2,1H3,(H,17,18). The molecule has 0 heterocycles. The van der Waals surface area contributed by atoms with E-state index in [9.17, 15) is 0 Å². The zero-order valence-electron chi connectivity index (χ0n) is 10.7. The van der Waals surface area contributed by atoms with Gasteiger partial charge in [0.05, 0.1) is 6.04 Å². The van der Waals surface area contributed by atoms with Crippen LogP contribution in [-0.4, -0.2) is 11.9 Å². The maximum Gasteiger partial charge on any atom is 0.142 e. The van der Waals surface area contributed by atoms with Crippen LogP contribution in [0.25, 0.3) is 0 Å². The Morgan fingerprint density at radius 1 is 1.28 bits per heavy atom. The molecule has 1 aliphatic rings. The van der Waals surface area contributed by atoms with Crippen molar-refractivity contribution in [2.75, 3.05) is 0 Å². The molecule has 1 aromatic rings. The van der Waals surface area contributed by atoms with Gasteiger partial charge in [0.15, 0.2) is 0 Å². The van der Waals surface area contributed by atoms with Gasteiger partial charge in [-0.3, -0.25) is 4.99 Å². The number of amidine groups is 1. The number of hydrazine groups is 1. The number of aryl methyl sites for hydroxylation is 1. The molecule has 3 nitrogen and oxygen atoms in total. The van der Waals surface area contributed by atoms with E-state index in [1.165, 1.54) is 19.3 Å². The van der Waals surface area contributed by atoms with Gasteiger partial charge in [-0.05, 0) is 43.5 Å². The van der Waals surface area contributed by atoms with Crippen LogP contribution < -0.4 is 11.3 Å². The molecule has 1 saturated carbocycles. The van der Waals surface area contributed by atoms with Crippen LogP contribution in [0.3, 0.4) is 0 Å². The van der Waals surface area contributed by atoms with E-state index in [0.717, 1.165) is 34.8 Å². The summed E-state index contributed by atoms with van der Waals surface area (Å²) < 4.78 is 0. The second-order valence-electron chi connectivity index (χ2n) is 4.93. The van der Waals surface area contributed by atoms with Crippen LogP contribution in [0.4, 0.5) is 0 Å². The molecule has 0 radical (unpaired) electrons. The number of nitrogens with zero attached hydrogens (tertiary/aromatic N) is 1. The van der Waals surface area contributed by atoms with Crippen LogP contribution in [0.1, 0.15) is 43.2 Å². The van der Waals surface area contributed by atoms with Crippen molar-refractivity contribution in [3.63, 3.8) is 0 Å². The smallest absolute Gasteiger partial charge is 0.142 e. The van der Waals surface area contributed by atoms with Crippen molar-refractivity contribution in [2.45, 2.75) is 45.1 Å². The minimum Gasteiger partial charge on any atom is -0.308 e. The van der Waals surface area contributed by atoms with Crippen molar-refractivity contribution < 1.29 is 0 Å². The van der Waals surface area contributed by atoms with E-state index < -0.39 is 0 Å². The van der Waals surface area contributed by atoms with Crippen LogP contribution in [0, 0.1) is 6.92 Å². The lowest BCUT2D eigenvalue weighted by molar-refractivity contribution is 0.442. The SMILES string of the molecule is Cc1cc(Cl)cc(C(=NC2CCCCC2)NN)c1. The number of halogens is 1. The monoisotopic (exact) mass is 265 g/mol. The average Bonchev–Trinajstić information content (AvgIpc) is 2.36. The van der Waals surface area contributed by atoms with Crippen LogP contribution in [0.2, 0.25) is 5.02 Å². The van der Waals surface area contributed by atoms with E-state index in [-0.39, 0.29) is 0 Å². The molecule has 98 valence electrons. The highest BCUT2D eigenvalue weighted by atomic mass is 35.5. The van der Waals surface area contributed by atoms with Crippen LogP contribution >= 0.6 is 11.6 Å². The minimum atomic E-state index is 0.393. The lowest BCUT2D eigenvalue weighted by Gasteiger charge is -2.19. The van der Waals surface area contributed by atoms with Crippen molar-refractivity contribution in [2.24, 2.45) is 10.8 Å². The molecule has 0 amide bonds. The predicted octanol–water partition coefficient (Wildman–Crippen LogP) is 3.19. The molecule has 0 aliphatic heterocycles. The van der Waals surface area contributed by atoms with Gasteiger partial charge in [-0.1, -0.05) is 30.9 Å². The Bertz CT molecular complexity index is 416. The average molecular weight is 266 g/mol. The fourth-order valence-electron chi connectivity index (χ4n) is 2.46. The fourth-order valence-corrected chi connectivity index (χ4v) is 2.75. The minimum absolute atomic E-state index is 0.393. The Labute approximate surface area is 113 Å². The summed E-state index contributed by atoms with van der Waals surface area (Å²) in [6, 6.07) is 6.27. The van der Waals surface area contributed by atoms with Gasteiger partial charge in [-0.25, -0.2) is 5.84 Å². The van der Waals surface area contributed by atoms with Crippen molar-refractivity contribution in [3.8, 4) is 0 Å². The molecule has 3 N–H and O–H groups in total. The Balaban J connectivity index is 2.23. The van der Waals surface area contributed by atoms with E-state index >= 15 is 0 Å². The van der Waals surface area contributed by atoms with E-state index in [1.54, 1.807) is 0 Å². The van der Waals surface area contributed by atoms with E-state index in [1.807, 2.05) is 25.1 Å². The number of nitrogens with two attached hydrogens (primary N) is 1. The molecule has 0 spiro atoms. The fraction of sp³-hybridized carbons (Fsp3) is 0.500. The summed E-state index contributed by atoms with van der Waals surface area (Å²) in [7, 11) is 0. The lowest BCUT2D eigenvalue weighted by Crippen LogP contribution is -2.32. The molecule has 2 rings (SSSR count). The summed E-state index contributed by atoms with van der Waals surface area (Å²) in [5.74, 6) is 6.34. The summed E-state index contributed by atoms with van der Waals surface area (Å²) in [5, 5.41) is 0.719. The number of hydrogen-bond donors (Lipinski definition) is 2. The van der Waals surface area contributed by atoms with Crippen molar-refractivity contribution in [3.05, 3.63) is 34.3 Å². The van der Waals surface area contributed by atoms with Gasteiger partial charge in [0, 0.05) is 10.6 Å². The third-order valence-electron chi connectivity index (χ3n) is 3.34. The van der Waals surface area contributed by atoms with Crippen molar-refractivity contribution in [1.82, 2.24) is 5.43 Å². The zero-order chi connectivity index (χ0) is 13.0. The van der Waals surface area contributed by atoms with E-state index in [2.05, 4.69) is 5.43 Å². The van der Waals surface area contributed by atoms with Crippen molar-refractivity contribution in [1.29, 1.82) is 0 Å². The van der Waals surface area contributed by atoms with Crippen LogP contribution in [-0.2, 0) is 0 Å². The van der Waals surface area contributed by atoms with Gasteiger partial charge in [-0.2, -0.15) is 0 Å². The number of hydrogen-bond acceptors (Lipinski definition) is 2. The molecule has 1 aliphatic carbocycles. The molecule has 1 fully saturated rings. The normalized spacial score (nSPS) is 17.8. The molecular formula is C14H20ClN3. The molecular weight excluding hydrogens is 246 g/mol. The molecule has 0 aromatic heterocycles. The summed E-state index contributed by atoms with van der Waals surface area (Å²) in [6.07, 6.45) is 6.17. The molecule has 0 saturated heterocycles. The molecule has 0 atom stereocenters. The van der Waals surface area contributed by atoms with Gasteiger partial charge in [-0.15, -0.1) is 0 Å². The van der Waals surface area contributed by atoms with Crippen molar-refractivity contribution >= 4 is 17.4 Å². The topological polar surface area (TPSA) is 50.4 Å². The molecule has 4 heteroatoms. The second kappa shape index (κ2) is 6.21. The summed E-state index contributed by atoms with van der Waals surface area (Å²) in [5.41, 5.74) is 4.79. The zero-order valence-corrected chi connectivity index (χ0v) is 11.5. The maximum atomic E-state index is 6.07. The highest BCUT2D eigenvalue weighted by Crippen LogP contribution is 2.21. The van der Waals surface area contributed by atoms with E-state index in [4.69, 9.17) is 22.4 Å². The Morgan fingerprint density at radius 2 is 2.00 bits per heavy atom. The molecule has 0 bridgehead atoms. The summed E-state index contributed by atoms with van der Waals surface area (Å²) >= 11 is 6.07. The van der Waals surface area contributed by atoms with E-state index in [0.29, 0.717) is 6.04 Å². The van der Waals surface area contributed by atoms with Gasteiger partial charge in [0.1, 0.15) is 5.84 Å². The quantitative estimate of drug-likeness (QED) is 0.373. The number of benzene rings is 1. The first kappa shape index (κ1) is 13.4. The van der Waals surface area contributed by atoms with Crippen LogP contribution in [0.5, 0.6) is 0 Å².